The van der Waals surface area contributed by atoms with E-state index in [9.17, 15) is 4.79 Å². The lowest BCUT2D eigenvalue weighted by Gasteiger charge is -2.10. The summed E-state index contributed by atoms with van der Waals surface area (Å²) in [5.74, 6) is 0.155. The van der Waals surface area contributed by atoms with Gasteiger partial charge in [-0.25, -0.2) is 14.8 Å². The van der Waals surface area contributed by atoms with Crippen LogP contribution in [0.1, 0.15) is 36.2 Å². The van der Waals surface area contributed by atoms with E-state index < -0.39 is 5.97 Å². The topological polar surface area (TPSA) is 83.0 Å². The summed E-state index contributed by atoms with van der Waals surface area (Å²) >= 11 is 0. The number of para-hydroxylation sites is 2. The first-order valence-corrected chi connectivity index (χ1v) is 9.84. The molecule has 1 atom stereocenters. The third kappa shape index (κ3) is 3.66. The molecule has 6 heteroatoms. The number of nitrogens with two attached hydrogens (primary N) is 1. The number of nitrogens with zero attached hydrogens (tertiary/aromatic N) is 3. The van der Waals surface area contributed by atoms with E-state index in [1.807, 2.05) is 66.1 Å². The minimum atomic E-state index is -0.454. The maximum atomic E-state index is 12.9. The van der Waals surface area contributed by atoms with Crippen LogP contribution in [0.15, 0.2) is 54.6 Å². The van der Waals surface area contributed by atoms with Gasteiger partial charge < -0.3 is 15.0 Å². The van der Waals surface area contributed by atoms with Gasteiger partial charge in [0.25, 0.3) is 0 Å². The zero-order valence-electron chi connectivity index (χ0n) is 16.6. The van der Waals surface area contributed by atoms with Crippen molar-refractivity contribution in [1.29, 1.82) is 0 Å². The van der Waals surface area contributed by atoms with Gasteiger partial charge in [0.2, 0.25) is 0 Å². The molecule has 0 saturated carbocycles. The van der Waals surface area contributed by atoms with Gasteiger partial charge in [0, 0.05) is 0 Å². The van der Waals surface area contributed by atoms with Crippen molar-refractivity contribution >= 4 is 34.0 Å². The van der Waals surface area contributed by atoms with Crippen molar-refractivity contribution in [2.24, 2.45) is 5.92 Å². The molecule has 0 spiro atoms. The fourth-order valence-electron chi connectivity index (χ4n) is 3.25. The Morgan fingerprint density at radius 3 is 2.41 bits per heavy atom. The van der Waals surface area contributed by atoms with Gasteiger partial charge in [-0.15, -0.1) is 0 Å². The van der Waals surface area contributed by atoms with Crippen molar-refractivity contribution in [3.05, 3.63) is 65.7 Å². The van der Waals surface area contributed by atoms with Crippen LogP contribution in [0.4, 0.5) is 5.82 Å². The molecule has 2 heterocycles. The lowest BCUT2D eigenvalue weighted by Crippen LogP contribution is -2.14. The Hall–Kier alpha value is -3.41. The number of hydrogen-bond donors (Lipinski definition) is 1. The summed E-state index contributed by atoms with van der Waals surface area (Å²) in [4.78, 5) is 22.4. The normalized spacial score (nSPS) is 12.3. The lowest BCUT2D eigenvalue weighted by molar-refractivity contribution is 0.0450. The summed E-state index contributed by atoms with van der Waals surface area (Å²) in [6.45, 7) is 4.95. The van der Waals surface area contributed by atoms with E-state index in [0.29, 0.717) is 35.7 Å². The molecule has 0 aliphatic carbocycles. The molecule has 0 fully saturated rings. The van der Waals surface area contributed by atoms with Crippen molar-refractivity contribution in [3.63, 3.8) is 0 Å². The highest BCUT2D eigenvalue weighted by atomic mass is 16.5. The van der Waals surface area contributed by atoms with Gasteiger partial charge in [0.15, 0.2) is 5.65 Å². The molecule has 0 unspecified atom stereocenters. The van der Waals surface area contributed by atoms with Crippen LogP contribution >= 0.6 is 0 Å². The second-order valence-electron chi connectivity index (χ2n) is 7.33. The van der Waals surface area contributed by atoms with Crippen molar-refractivity contribution in [1.82, 2.24) is 14.5 Å². The molecular weight excluding hydrogens is 364 g/mol. The molecule has 6 nitrogen and oxygen atoms in total. The summed E-state index contributed by atoms with van der Waals surface area (Å²) < 4.78 is 7.38. The fraction of sp³-hybridized carbons (Fsp3) is 0.261. The molecule has 0 saturated heterocycles. The number of hydrogen-bond acceptors (Lipinski definition) is 5. The van der Waals surface area contributed by atoms with Crippen LogP contribution in [0.5, 0.6) is 0 Å². The first-order valence-electron chi connectivity index (χ1n) is 9.84. The highest BCUT2D eigenvalue weighted by Crippen LogP contribution is 2.29. The molecule has 0 aliphatic rings. The van der Waals surface area contributed by atoms with Crippen LogP contribution in [-0.4, -0.2) is 27.1 Å². The highest BCUT2D eigenvalue weighted by molar-refractivity contribution is 6.08. The lowest BCUT2D eigenvalue weighted by atomic mass is 10.1. The number of nitrogen functional groups attached to an aromatic ring is 1. The van der Waals surface area contributed by atoms with E-state index in [1.54, 1.807) is 0 Å². The van der Waals surface area contributed by atoms with Gasteiger partial charge in [0.1, 0.15) is 16.9 Å². The molecule has 148 valence electrons. The number of fused-ring (bicyclic) bond motifs is 2. The second-order valence-corrected chi connectivity index (χ2v) is 7.33. The summed E-state index contributed by atoms with van der Waals surface area (Å²) in [6, 6.07) is 17.5. The average molecular weight is 388 g/mol. The molecule has 0 amide bonds. The van der Waals surface area contributed by atoms with Crippen LogP contribution in [0.2, 0.25) is 0 Å². The van der Waals surface area contributed by atoms with Crippen LogP contribution in [0, 0.1) is 5.92 Å². The van der Waals surface area contributed by atoms with Gasteiger partial charge >= 0.3 is 5.97 Å². The molecule has 4 rings (SSSR count). The van der Waals surface area contributed by atoms with Crippen LogP contribution in [-0.2, 0) is 11.3 Å². The predicted molar refractivity (Wildman–Crippen MR) is 115 cm³/mol. The molecule has 2 N–H and O–H groups in total. The number of anilines is 1. The monoisotopic (exact) mass is 388 g/mol. The SMILES string of the molecule is CC[C@@H](C)COC(=O)c1c(N)n(Cc2ccccc2)c2nc3ccccc3nc12. The van der Waals surface area contributed by atoms with Gasteiger partial charge in [0.05, 0.1) is 24.2 Å². The summed E-state index contributed by atoms with van der Waals surface area (Å²) in [5.41, 5.74) is 10.3. The molecule has 29 heavy (non-hydrogen) atoms. The maximum absolute atomic E-state index is 12.9. The number of esters is 1. The maximum Gasteiger partial charge on any atom is 0.344 e. The molecule has 0 bridgehead atoms. The van der Waals surface area contributed by atoms with E-state index in [1.165, 1.54) is 0 Å². The minimum Gasteiger partial charge on any atom is -0.462 e. The first kappa shape index (κ1) is 18.9. The van der Waals surface area contributed by atoms with Crippen molar-refractivity contribution < 1.29 is 9.53 Å². The third-order valence-electron chi connectivity index (χ3n) is 5.18. The molecule has 0 aliphatic heterocycles. The molecule has 2 aromatic carbocycles. The van der Waals surface area contributed by atoms with E-state index in [-0.39, 0.29) is 11.5 Å². The Labute approximate surface area is 169 Å². The summed E-state index contributed by atoms with van der Waals surface area (Å²) in [5, 5.41) is 0. The van der Waals surface area contributed by atoms with Gasteiger partial charge in [-0.1, -0.05) is 62.7 Å². The van der Waals surface area contributed by atoms with E-state index in [2.05, 4.69) is 6.92 Å². The van der Waals surface area contributed by atoms with E-state index in [4.69, 9.17) is 20.4 Å². The van der Waals surface area contributed by atoms with Crippen LogP contribution < -0.4 is 5.73 Å². The van der Waals surface area contributed by atoms with E-state index in [0.717, 1.165) is 17.5 Å². The standard InChI is InChI=1S/C23H24N4O2/c1-3-15(2)14-29-23(28)19-20-22(26-18-12-8-7-11-17(18)25-20)27(21(19)24)13-16-9-5-4-6-10-16/h4-12,15H,3,13-14,24H2,1-2H3/t15-/m1/s1. The van der Waals surface area contributed by atoms with Gasteiger partial charge in [-0.05, 0) is 23.6 Å². The van der Waals surface area contributed by atoms with Crippen LogP contribution in [0.3, 0.4) is 0 Å². The smallest absolute Gasteiger partial charge is 0.344 e. The minimum absolute atomic E-state index is 0.282. The first-order chi connectivity index (χ1) is 14.1. The van der Waals surface area contributed by atoms with Crippen molar-refractivity contribution in [3.8, 4) is 0 Å². The zero-order valence-corrected chi connectivity index (χ0v) is 16.6. The average Bonchev–Trinajstić information content (AvgIpc) is 3.01. The second kappa shape index (κ2) is 7.91. The van der Waals surface area contributed by atoms with E-state index >= 15 is 0 Å². The number of carbonyl (C=O) groups excluding carboxylic acids is 1. The summed E-state index contributed by atoms with van der Waals surface area (Å²) in [7, 11) is 0. The molecule has 4 aromatic rings. The number of benzene rings is 2. The van der Waals surface area contributed by atoms with Gasteiger partial charge in [-0.3, -0.25) is 0 Å². The van der Waals surface area contributed by atoms with Gasteiger partial charge in [-0.2, -0.15) is 0 Å². The number of rotatable bonds is 6. The quantitative estimate of drug-likeness (QED) is 0.495. The van der Waals surface area contributed by atoms with Crippen molar-refractivity contribution in [2.75, 3.05) is 12.3 Å². The Kier molecular flexibility index (Phi) is 5.16. The largest absolute Gasteiger partial charge is 0.462 e. The fourth-order valence-corrected chi connectivity index (χ4v) is 3.25. The Morgan fingerprint density at radius 2 is 1.72 bits per heavy atom. The summed E-state index contributed by atoms with van der Waals surface area (Å²) in [6.07, 6.45) is 0.934. The number of aromatic nitrogens is 3. The van der Waals surface area contributed by atoms with Crippen LogP contribution in [0.25, 0.3) is 22.2 Å². The Balaban J connectivity index is 1.86. The number of carbonyl (C=O) groups is 1. The number of ether oxygens (including phenoxy) is 1. The van der Waals surface area contributed by atoms with Crippen molar-refractivity contribution in [2.45, 2.75) is 26.8 Å². The molecular formula is C23H24N4O2. The molecule has 2 aromatic heterocycles. The predicted octanol–water partition coefficient (Wildman–Crippen LogP) is 4.42. The molecule has 0 radical (unpaired) electrons. The third-order valence-corrected chi connectivity index (χ3v) is 5.18. The Morgan fingerprint density at radius 1 is 1.07 bits per heavy atom. The Bertz CT molecular complexity index is 1170. The highest BCUT2D eigenvalue weighted by Gasteiger charge is 2.25. The zero-order chi connectivity index (χ0) is 20.4.